The van der Waals surface area contributed by atoms with Gasteiger partial charge in [0.15, 0.2) is 5.69 Å². The molecule has 1 aromatic heterocycles. The van der Waals surface area contributed by atoms with E-state index < -0.39 is 0 Å². The molecule has 1 aliphatic rings. The van der Waals surface area contributed by atoms with E-state index in [2.05, 4.69) is 9.59 Å². The maximum atomic E-state index is 12.8. The third-order valence-electron chi connectivity index (χ3n) is 4.13. The van der Waals surface area contributed by atoms with Crippen LogP contribution in [0.1, 0.15) is 30.3 Å². The minimum absolute atomic E-state index is 0.115. The number of carbonyl (C=O) groups excluding carboxylic acids is 2. The van der Waals surface area contributed by atoms with Crippen LogP contribution < -0.4 is 0 Å². The smallest absolute Gasteiger partial charge is 0.309 e. The molecule has 0 unspecified atom stereocenters. The highest BCUT2D eigenvalue weighted by molar-refractivity contribution is 7.09. The lowest BCUT2D eigenvalue weighted by molar-refractivity contribution is -0.149. The Balaban J connectivity index is 1.69. The number of piperidine rings is 1. The maximum absolute atomic E-state index is 12.8. The molecule has 126 valence electrons. The summed E-state index contributed by atoms with van der Waals surface area (Å²) in [5, 5.41) is 4.04. The molecule has 0 saturated carbocycles. The van der Waals surface area contributed by atoms with Crippen LogP contribution in [0.2, 0.25) is 0 Å². The fourth-order valence-electron chi connectivity index (χ4n) is 2.84. The van der Waals surface area contributed by atoms with Crippen LogP contribution in [-0.2, 0) is 9.53 Å². The molecule has 0 aliphatic carbocycles. The second-order valence-corrected chi connectivity index (χ2v) is 6.39. The van der Waals surface area contributed by atoms with Gasteiger partial charge >= 0.3 is 5.97 Å². The first-order chi connectivity index (χ1) is 11.7. The second kappa shape index (κ2) is 7.53. The van der Waals surface area contributed by atoms with Gasteiger partial charge in [-0.25, -0.2) is 0 Å². The number of esters is 1. The maximum Gasteiger partial charge on any atom is 0.309 e. The van der Waals surface area contributed by atoms with Crippen LogP contribution in [0.5, 0.6) is 0 Å². The van der Waals surface area contributed by atoms with Gasteiger partial charge < -0.3 is 9.64 Å². The van der Waals surface area contributed by atoms with E-state index in [1.54, 1.807) is 11.8 Å². The quantitative estimate of drug-likeness (QED) is 0.797. The Morgan fingerprint density at radius 3 is 2.62 bits per heavy atom. The van der Waals surface area contributed by atoms with Crippen LogP contribution in [0, 0.1) is 5.92 Å². The van der Waals surface area contributed by atoms with Gasteiger partial charge in [0.1, 0.15) is 0 Å². The van der Waals surface area contributed by atoms with Crippen molar-refractivity contribution < 1.29 is 14.3 Å². The molecule has 2 aromatic rings. The number of benzene rings is 1. The molecule has 24 heavy (non-hydrogen) atoms. The van der Waals surface area contributed by atoms with Crippen molar-refractivity contribution in [2.24, 2.45) is 5.92 Å². The van der Waals surface area contributed by atoms with Gasteiger partial charge in [-0.2, -0.15) is 0 Å². The Labute approximate surface area is 144 Å². The minimum Gasteiger partial charge on any atom is -0.466 e. The van der Waals surface area contributed by atoms with Crippen molar-refractivity contribution in [2.45, 2.75) is 19.8 Å². The summed E-state index contributed by atoms with van der Waals surface area (Å²) in [6.07, 6.45) is 1.26. The zero-order chi connectivity index (χ0) is 16.9. The summed E-state index contributed by atoms with van der Waals surface area (Å²) in [6.45, 7) is 3.27. The molecule has 0 radical (unpaired) electrons. The summed E-state index contributed by atoms with van der Waals surface area (Å²) >= 11 is 1.22. The first-order valence-corrected chi connectivity index (χ1v) is 8.81. The van der Waals surface area contributed by atoms with E-state index in [4.69, 9.17) is 4.74 Å². The zero-order valence-electron chi connectivity index (χ0n) is 13.5. The van der Waals surface area contributed by atoms with Gasteiger partial charge in [-0.05, 0) is 36.9 Å². The number of carbonyl (C=O) groups is 2. The molecular weight excluding hydrogens is 326 g/mol. The van der Waals surface area contributed by atoms with Gasteiger partial charge in [-0.3, -0.25) is 9.59 Å². The van der Waals surface area contributed by atoms with Gasteiger partial charge in [0.2, 0.25) is 0 Å². The first kappa shape index (κ1) is 16.6. The molecule has 1 aromatic carbocycles. The average molecular weight is 345 g/mol. The number of amides is 1. The monoisotopic (exact) mass is 345 g/mol. The van der Waals surface area contributed by atoms with E-state index in [0.717, 1.165) is 10.4 Å². The summed E-state index contributed by atoms with van der Waals surface area (Å²) in [5.74, 6) is -0.397. The van der Waals surface area contributed by atoms with Gasteiger partial charge in [-0.15, -0.1) is 5.10 Å². The normalized spacial score (nSPS) is 15.3. The molecule has 1 fully saturated rings. The Morgan fingerprint density at radius 1 is 1.25 bits per heavy atom. The number of rotatable bonds is 4. The molecule has 0 N–H and O–H groups in total. The van der Waals surface area contributed by atoms with E-state index in [9.17, 15) is 9.59 Å². The van der Waals surface area contributed by atoms with Crippen LogP contribution >= 0.6 is 11.5 Å². The number of hydrogen-bond donors (Lipinski definition) is 0. The molecule has 1 amide bonds. The number of likely N-dealkylation sites (tertiary alicyclic amines) is 1. The van der Waals surface area contributed by atoms with Crippen molar-refractivity contribution in [2.75, 3.05) is 19.7 Å². The highest BCUT2D eigenvalue weighted by Gasteiger charge is 2.30. The largest absolute Gasteiger partial charge is 0.466 e. The lowest BCUT2D eigenvalue weighted by atomic mass is 9.96. The summed E-state index contributed by atoms with van der Waals surface area (Å²) < 4.78 is 9.02. The number of nitrogens with zero attached hydrogens (tertiary/aromatic N) is 3. The van der Waals surface area contributed by atoms with Crippen molar-refractivity contribution in [3.8, 4) is 10.4 Å². The molecule has 3 rings (SSSR count). The van der Waals surface area contributed by atoms with Crippen LogP contribution in [-0.4, -0.2) is 46.1 Å². The zero-order valence-corrected chi connectivity index (χ0v) is 14.3. The first-order valence-electron chi connectivity index (χ1n) is 8.04. The number of hydrogen-bond acceptors (Lipinski definition) is 6. The van der Waals surface area contributed by atoms with Crippen molar-refractivity contribution in [3.63, 3.8) is 0 Å². The number of ether oxygens (including phenoxy) is 1. The molecule has 1 aliphatic heterocycles. The lowest BCUT2D eigenvalue weighted by Crippen LogP contribution is -2.41. The lowest BCUT2D eigenvalue weighted by Gasteiger charge is -2.30. The van der Waals surface area contributed by atoms with E-state index >= 15 is 0 Å². The van der Waals surface area contributed by atoms with E-state index in [1.165, 1.54) is 11.5 Å². The molecule has 7 heteroatoms. The Hall–Kier alpha value is -2.28. The molecule has 6 nitrogen and oxygen atoms in total. The van der Waals surface area contributed by atoms with Crippen LogP contribution in [0.3, 0.4) is 0 Å². The summed E-state index contributed by atoms with van der Waals surface area (Å²) in [4.78, 5) is 27.1. The van der Waals surface area contributed by atoms with Crippen molar-refractivity contribution in [3.05, 3.63) is 36.0 Å². The van der Waals surface area contributed by atoms with Crippen LogP contribution in [0.4, 0.5) is 0 Å². The average Bonchev–Trinajstić information content (AvgIpc) is 3.12. The van der Waals surface area contributed by atoms with Crippen molar-refractivity contribution >= 4 is 23.4 Å². The molecular formula is C17H19N3O3S. The van der Waals surface area contributed by atoms with E-state index in [1.807, 2.05) is 30.3 Å². The predicted octanol–water partition coefficient (Wildman–Crippen LogP) is 2.62. The molecule has 2 heterocycles. The van der Waals surface area contributed by atoms with Crippen molar-refractivity contribution in [1.29, 1.82) is 0 Å². The highest BCUT2D eigenvalue weighted by atomic mass is 32.1. The van der Waals surface area contributed by atoms with Gasteiger partial charge in [0, 0.05) is 13.1 Å². The molecule has 0 atom stereocenters. The topological polar surface area (TPSA) is 72.4 Å². The van der Waals surface area contributed by atoms with Gasteiger partial charge in [0.25, 0.3) is 5.91 Å². The highest BCUT2D eigenvalue weighted by Crippen LogP contribution is 2.28. The second-order valence-electron chi connectivity index (χ2n) is 5.64. The third-order valence-corrected chi connectivity index (χ3v) is 4.90. The Bertz CT molecular complexity index is 709. The van der Waals surface area contributed by atoms with Crippen LogP contribution in [0.25, 0.3) is 10.4 Å². The van der Waals surface area contributed by atoms with E-state index in [0.29, 0.717) is 38.2 Å². The molecule has 0 spiro atoms. The molecule has 1 saturated heterocycles. The summed E-state index contributed by atoms with van der Waals surface area (Å²) in [7, 11) is 0. The predicted molar refractivity (Wildman–Crippen MR) is 90.6 cm³/mol. The minimum atomic E-state index is -0.162. The third kappa shape index (κ3) is 3.46. The molecule has 0 bridgehead atoms. The Morgan fingerprint density at radius 2 is 1.96 bits per heavy atom. The van der Waals surface area contributed by atoms with Gasteiger partial charge in [0.05, 0.1) is 17.4 Å². The van der Waals surface area contributed by atoms with Crippen molar-refractivity contribution in [1.82, 2.24) is 14.5 Å². The van der Waals surface area contributed by atoms with Gasteiger partial charge in [-0.1, -0.05) is 34.8 Å². The van der Waals surface area contributed by atoms with Crippen LogP contribution in [0.15, 0.2) is 30.3 Å². The van der Waals surface area contributed by atoms with E-state index in [-0.39, 0.29) is 17.8 Å². The fourth-order valence-corrected chi connectivity index (χ4v) is 3.50. The Kier molecular flexibility index (Phi) is 5.20. The fraction of sp³-hybridized carbons (Fsp3) is 0.412. The summed E-state index contributed by atoms with van der Waals surface area (Å²) in [6, 6.07) is 9.67. The number of aromatic nitrogens is 2. The SMILES string of the molecule is CCOC(=O)C1CCN(C(=O)c2nnsc2-c2ccccc2)CC1. The summed E-state index contributed by atoms with van der Waals surface area (Å²) in [5.41, 5.74) is 1.33. The standard InChI is InChI=1S/C17H19N3O3S/c1-2-23-17(22)13-8-10-20(11-9-13)16(21)14-15(24-19-18-14)12-6-4-3-5-7-12/h3-7,13H,2,8-11H2,1H3.